The van der Waals surface area contributed by atoms with E-state index in [2.05, 4.69) is 13.8 Å². The van der Waals surface area contributed by atoms with Crippen molar-refractivity contribution in [1.82, 2.24) is 4.90 Å². The lowest BCUT2D eigenvalue weighted by Gasteiger charge is -2.27. The predicted molar refractivity (Wildman–Crippen MR) is 76.9 cm³/mol. The van der Waals surface area contributed by atoms with Crippen LogP contribution in [0.4, 0.5) is 5.69 Å². The highest BCUT2D eigenvalue weighted by atomic mass is 35.5. The smallest absolute Gasteiger partial charge is 0.255 e. The second-order valence-corrected chi connectivity index (χ2v) is 5.56. The van der Waals surface area contributed by atoms with Crippen LogP contribution < -0.4 is 5.73 Å². The molecular formula is C14H21ClN2O. The van der Waals surface area contributed by atoms with Gasteiger partial charge in [-0.25, -0.2) is 0 Å². The van der Waals surface area contributed by atoms with Gasteiger partial charge < -0.3 is 10.6 Å². The first-order valence-electron chi connectivity index (χ1n) is 6.15. The zero-order valence-corrected chi connectivity index (χ0v) is 12.2. The number of rotatable bonds is 4. The quantitative estimate of drug-likeness (QED) is 0.851. The number of amides is 1. The van der Waals surface area contributed by atoms with E-state index in [1.54, 1.807) is 30.1 Å². The summed E-state index contributed by atoms with van der Waals surface area (Å²) in [6.45, 7) is 6.32. The molecule has 1 rings (SSSR count). The Morgan fingerprint density at radius 1 is 1.39 bits per heavy atom. The van der Waals surface area contributed by atoms with E-state index in [9.17, 15) is 4.79 Å². The summed E-state index contributed by atoms with van der Waals surface area (Å²) in [5.41, 5.74) is 6.76. The van der Waals surface area contributed by atoms with Gasteiger partial charge in [-0.2, -0.15) is 0 Å². The minimum Gasteiger partial charge on any atom is -0.398 e. The largest absolute Gasteiger partial charge is 0.398 e. The molecule has 0 heterocycles. The summed E-state index contributed by atoms with van der Waals surface area (Å²) in [7, 11) is 1.80. The van der Waals surface area contributed by atoms with Crippen molar-refractivity contribution >= 4 is 23.2 Å². The molecule has 4 heteroatoms. The molecule has 0 bridgehead atoms. The van der Waals surface area contributed by atoms with Crippen molar-refractivity contribution in [1.29, 1.82) is 0 Å². The van der Waals surface area contributed by atoms with E-state index < -0.39 is 0 Å². The molecule has 2 N–H and O–H groups in total. The monoisotopic (exact) mass is 268 g/mol. The fourth-order valence-corrected chi connectivity index (χ4v) is 2.12. The van der Waals surface area contributed by atoms with E-state index in [0.29, 0.717) is 22.2 Å². The lowest BCUT2D eigenvalue weighted by atomic mass is 10.0. The summed E-state index contributed by atoms with van der Waals surface area (Å²) < 4.78 is 0. The molecule has 1 aromatic rings. The van der Waals surface area contributed by atoms with Crippen molar-refractivity contribution in [3.63, 3.8) is 0 Å². The van der Waals surface area contributed by atoms with E-state index in [-0.39, 0.29) is 11.9 Å². The fourth-order valence-electron chi connectivity index (χ4n) is 1.94. The maximum Gasteiger partial charge on any atom is 0.255 e. The second-order valence-electron chi connectivity index (χ2n) is 5.13. The molecule has 100 valence electrons. The lowest BCUT2D eigenvalue weighted by molar-refractivity contribution is 0.0729. The van der Waals surface area contributed by atoms with Crippen molar-refractivity contribution in [2.75, 3.05) is 12.8 Å². The van der Waals surface area contributed by atoms with E-state index in [4.69, 9.17) is 17.3 Å². The van der Waals surface area contributed by atoms with Gasteiger partial charge in [0.15, 0.2) is 0 Å². The van der Waals surface area contributed by atoms with Crippen LogP contribution in [0.25, 0.3) is 0 Å². The third kappa shape index (κ3) is 3.64. The Morgan fingerprint density at radius 3 is 2.56 bits per heavy atom. The Morgan fingerprint density at radius 2 is 2.00 bits per heavy atom. The Kier molecular flexibility index (Phi) is 5.03. The van der Waals surface area contributed by atoms with Gasteiger partial charge in [0.1, 0.15) is 0 Å². The Hall–Kier alpha value is -1.22. The molecule has 0 aliphatic rings. The average molecular weight is 269 g/mol. The molecule has 0 saturated carbocycles. The molecule has 1 aromatic carbocycles. The molecule has 0 fully saturated rings. The first-order valence-corrected chi connectivity index (χ1v) is 6.53. The zero-order valence-electron chi connectivity index (χ0n) is 11.4. The van der Waals surface area contributed by atoms with E-state index in [1.807, 2.05) is 6.92 Å². The number of anilines is 1. The highest BCUT2D eigenvalue weighted by Gasteiger charge is 2.20. The van der Waals surface area contributed by atoms with Gasteiger partial charge in [0.05, 0.1) is 5.56 Å². The normalized spacial score (nSPS) is 12.6. The van der Waals surface area contributed by atoms with Crippen molar-refractivity contribution in [2.45, 2.75) is 33.2 Å². The van der Waals surface area contributed by atoms with Gasteiger partial charge in [-0.1, -0.05) is 25.4 Å². The molecule has 0 aliphatic heterocycles. The Labute approximate surface area is 114 Å². The molecule has 3 nitrogen and oxygen atoms in total. The summed E-state index contributed by atoms with van der Waals surface area (Å²) >= 11 is 5.90. The van der Waals surface area contributed by atoms with Crippen LogP contribution in [0.3, 0.4) is 0 Å². The Bertz CT molecular complexity index is 432. The molecule has 1 unspecified atom stereocenters. The first-order chi connectivity index (χ1) is 8.32. The number of nitrogen functional groups attached to an aromatic ring is 1. The second kappa shape index (κ2) is 6.10. The van der Waals surface area contributed by atoms with Gasteiger partial charge in [0.2, 0.25) is 0 Å². The fraction of sp³-hybridized carbons (Fsp3) is 0.500. The maximum absolute atomic E-state index is 12.3. The minimum absolute atomic E-state index is 0.0804. The van der Waals surface area contributed by atoms with Crippen LogP contribution in [-0.4, -0.2) is 23.9 Å². The van der Waals surface area contributed by atoms with Crippen LogP contribution in [0, 0.1) is 5.92 Å². The van der Waals surface area contributed by atoms with Crippen LogP contribution in [0.5, 0.6) is 0 Å². The molecule has 0 aliphatic carbocycles. The van der Waals surface area contributed by atoms with Crippen LogP contribution >= 0.6 is 11.6 Å². The average Bonchev–Trinajstić information content (AvgIpc) is 2.29. The highest BCUT2D eigenvalue weighted by Crippen LogP contribution is 2.21. The van der Waals surface area contributed by atoms with Crippen LogP contribution in [-0.2, 0) is 0 Å². The van der Waals surface area contributed by atoms with Crippen molar-refractivity contribution < 1.29 is 4.79 Å². The topological polar surface area (TPSA) is 46.3 Å². The molecule has 18 heavy (non-hydrogen) atoms. The number of hydrogen-bond acceptors (Lipinski definition) is 2. The third-order valence-corrected chi connectivity index (χ3v) is 3.27. The third-order valence-electron chi connectivity index (χ3n) is 3.04. The molecule has 0 aromatic heterocycles. The summed E-state index contributed by atoms with van der Waals surface area (Å²) in [6.07, 6.45) is 0.961. The number of halogens is 1. The first kappa shape index (κ1) is 14.8. The van der Waals surface area contributed by atoms with E-state index >= 15 is 0 Å². The van der Waals surface area contributed by atoms with Crippen molar-refractivity contribution in [3.8, 4) is 0 Å². The van der Waals surface area contributed by atoms with Gasteiger partial charge in [-0.05, 0) is 37.5 Å². The van der Waals surface area contributed by atoms with Gasteiger partial charge in [-0.15, -0.1) is 0 Å². The number of benzene rings is 1. The summed E-state index contributed by atoms with van der Waals surface area (Å²) in [4.78, 5) is 14.1. The van der Waals surface area contributed by atoms with Crippen LogP contribution in [0.1, 0.15) is 37.6 Å². The van der Waals surface area contributed by atoms with Gasteiger partial charge in [0.25, 0.3) is 5.91 Å². The standard InChI is InChI=1S/C14H21ClN2O/c1-9(2)7-10(3)17(4)14(18)12-8-11(15)5-6-13(12)16/h5-6,8-10H,7,16H2,1-4H3. The number of carbonyl (C=O) groups is 1. The molecule has 0 radical (unpaired) electrons. The molecule has 0 spiro atoms. The lowest BCUT2D eigenvalue weighted by Crippen LogP contribution is -2.36. The van der Waals surface area contributed by atoms with E-state index in [1.165, 1.54) is 0 Å². The predicted octanol–water partition coefficient (Wildman–Crippen LogP) is 3.43. The zero-order chi connectivity index (χ0) is 13.9. The highest BCUT2D eigenvalue weighted by molar-refractivity contribution is 6.31. The van der Waals surface area contributed by atoms with Gasteiger partial charge in [-0.3, -0.25) is 4.79 Å². The van der Waals surface area contributed by atoms with E-state index in [0.717, 1.165) is 6.42 Å². The van der Waals surface area contributed by atoms with Crippen molar-refractivity contribution in [3.05, 3.63) is 28.8 Å². The number of carbonyl (C=O) groups excluding carboxylic acids is 1. The van der Waals surface area contributed by atoms with Crippen LogP contribution in [0.15, 0.2) is 18.2 Å². The number of nitrogens with two attached hydrogens (primary N) is 1. The number of nitrogens with zero attached hydrogens (tertiary/aromatic N) is 1. The minimum atomic E-state index is -0.0804. The summed E-state index contributed by atoms with van der Waals surface area (Å²) in [5, 5.41) is 0.525. The molecule has 1 atom stereocenters. The number of hydrogen-bond donors (Lipinski definition) is 1. The SMILES string of the molecule is CC(C)CC(C)N(C)C(=O)c1cc(Cl)ccc1N. The van der Waals surface area contributed by atoms with Crippen molar-refractivity contribution in [2.24, 2.45) is 5.92 Å². The van der Waals surface area contributed by atoms with Gasteiger partial charge >= 0.3 is 0 Å². The molecule has 1 amide bonds. The summed E-state index contributed by atoms with van der Waals surface area (Å²) in [6, 6.07) is 5.15. The maximum atomic E-state index is 12.3. The van der Waals surface area contributed by atoms with Crippen LogP contribution in [0.2, 0.25) is 5.02 Å². The summed E-state index contributed by atoms with van der Waals surface area (Å²) in [5.74, 6) is 0.468. The Balaban J connectivity index is 2.89. The molecule has 0 saturated heterocycles. The van der Waals surface area contributed by atoms with Gasteiger partial charge in [0, 0.05) is 23.8 Å². The molecular weight excluding hydrogens is 248 g/mol.